The minimum absolute atomic E-state index is 0.0295. The highest BCUT2D eigenvalue weighted by molar-refractivity contribution is 7.91. The molecule has 26 heavy (non-hydrogen) atoms. The predicted molar refractivity (Wildman–Crippen MR) is 97.1 cm³/mol. The fourth-order valence-electron chi connectivity index (χ4n) is 2.40. The van der Waals surface area contributed by atoms with Crippen molar-refractivity contribution in [1.29, 1.82) is 0 Å². The number of amides is 1. The zero-order valence-corrected chi connectivity index (χ0v) is 14.8. The number of carbonyl (C=O) groups excluding carboxylic acids is 1. The van der Waals surface area contributed by atoms with Gasteiger partial charge in [-0.1, -0.05) is 36.4 Å². The van der Waals surface area contributed by atoms with Crippen LogP contribution in [0.5, 0.6) is 0 Å². The maximum absolute atomic E-state index is 12.2. The van der Waals surface area contributed by atoms with E-state index in [0.29, 0.717) is 11.6 Å². The van der Waals surface area contributed by atoms with E-state index in [1.54, 1.807) is 18.2 Å². The molecule has 2 aromatic carbocycles. The van der Waals surface area contributed by atoms with Gasteiger partial charge in [-0.15, -0.1) is 0 Å². The van der Waals surface area contributed by atoms with E-state index in [4.69, 9.17) is 4.42 Å². The molecule has 1 aromatic heterocycles. The summed E-state index contributed by atoms with van der Waals surface area (Å²) >= 11 is 0. The quantitative estimate of drug-likeness (QED) is 0.690. The van der Waals surface area contributed by atoms with E-state index in [0.717, 1.165) is 5.56 Å². The lowest BCUT2D eigenvalue weighted by Gasteiger charge is -2.05. The Bertz CT molecular complexity index is 967. The van der Waals surface area contributed by atoms with E-state index >= 15 is 0 Å². The first-order valence-corrected chi connectivity index (χ1v) is 9.74. The molecule has 6 nitrogen and oxygen atoms in total. The number of aromatic nitrogens is 1. The van der Waals surface area contributed by atoms with Crippen LogP contribution in [0.15, 0.2) is 76.2 Å². The van der Waals surface area contributed by atoms with E-state index in [9.17, 15) is 13.2 Å². The van der Waals surface area contributed by atoms with E-state index in [1.807, 2.05) is 30.3 Å². The molecule has 7 heteroatoms. The number of nitrogens with one attached hydrogen (secondary N) is 1. The summed E-state index contributed by atoms with van der Waals surface area (Å²) in [5.74, 6) is -0.0159. The van der Waals surface area contributed by atoms with Crippen molar-refractivity contribution in [2.75, 3.05) is 12.3 Å². The summed E-state index contributed by atoms with van der Waals surface area (Å²) in [6, 6.07) is 17.5. The Hall–Kier alpha value is -2.93. The molecular formula is C19H18N2O4S. The van der Waals surface area contributed by atoms with Crippen LogP contribution in [-0.2, 0) is 21.1 Å². The lowest BCUT2D eigenvalue weighted by molar-refractivity contribution is -0.120. The average Bonchev–Trinajstić information content (AvgIpc) is 3.11. The van der Waals surface area contributed by atoms with Crippen LogP contribution in [-0.4, -0.2) is 31.6 Å². The third-order valence-corrected chi connectivity index (χ3v) is 5.44. The van der Waals surface area contributed by atoms with E-state index < -0.39 is 9.84 Å². The van der Waals surface area contributed by atoms with Gasteiger partial charge < -0.3 is 9.73 Å². The second-order valence-electron chi connectivity index (χ2n) is 5.67. The molecule has 0 fully saturated rings. The van der Waals surface area contributed by atoms with Crippen LogP contribution >= 0.6 is 0 Å². The SMILES string of the molecule is O=C(Cc1coc(-c2ccccc2)n1)NCCS(=O)(=O)c1ccccc1. The molecule has 1 heterocycles. The third kappa shape index (κ3) is 4.58. The normalized spacial score (nSPS) is 11.2. The summed E-state index contributed by atoms with van der Waals surface area (Å²) in [6.07, 6.45) is 1.46. The molecule has 0 aliphatic carbocycles. The van der Waals surface area contributed by atoms with Crippen molar-refractivity contribution in [2.24, 2.45) is 0 Å². The lowest BCUT2D eigenvalue weighted by atomic mass is 10.2. The number of benzene rings is 2. The topological polar surface area (TPSA) is 89.3 Å². The minimum Gasteiger partial charge on any atom is -0.444 e. The lowest BCUT2D eigenvalue weighted by Crippen LogP contribution is -2.30. The van der Waals surface area contributed by atoms with Crippen LogP contribution < -0.4 is 5.32 Å². The summed E-state index contributed by atoms with van der Waals surface area (Å²) in [7, 11) is -3.41. The summed E-state index contributed by atoms with van der Waals surface area (Å²) in [4.78, 5) is 16.5. The molecule has 0 atom stereocenters. The van der Waals surface area contributed by atoms with Crippen molar-refractivity contribution in [1.82, 2.24) is 10.3 Å². The van der Waals surface area contributed by atoms with Crippen LogP contribution in [0, 0.1) is 0 Å². The molecule has 0 aliphatic rings. The number of nitrogens with zero attached hydrogens (tertiary/aromatic N) is 1. The maximum Gasteiger partial charge on any atom is 0.226 e. The van der Waals surface area contributed by atoms with Crippen LogP contribution in [0.2, 0.25) is 0 Å². The molecule has 134 valence electrons. The zero-order valence-electron chi connectivity index (χ0n) is 14.0. The largest absolute Gasteiger partial charge is 0.444 e. The Morgan fingerprint density at radius 1 is 1.00 bits per heavy atom. The third-order valence-electron chi connectivity index (χ3n) is 3.71. The predicted octanol–water partition coefficient (Wildman–Crippen LogP) is 2.47. The number of hydrogen-bond donors (Lipinski definition) is 1. The van der Waals surface area contributed by atoms with Crippen molar-refractivity contribution in [2.45, 2.75) is 11.3 Å². The van der Waals surface area contributed by atoms with Gasteiger partial charge in [0.2, 0.25) is 11.8 Å². The van der Waals surface area contributed by atoms with E-state index in [1.165, 1.54) is 18.4 Å². The summed E-state index contributed by atoms with van der Waals surface area (Å²) in [5.41, 5.74) is 1.32. The second kappa shape index (κ2) is 7.97. The van der Waals surface area contributed by atoms with Crippen molar-refractivity contribution in [3.05, 3.63) is 72.6 Å². The highest BCUT2D eigenvalue weighted by Crippen LogP contribution is 2.18. The number of sulfone groups is 1. The molecule has 3 rings (SSSR count). The summed E-state index contributed by atoms with van der Waals surface area (Å²) in [5, 5.41) is 2.61. The number of rotatable bonds is 7. The fraction of sp³-hybridized carbons (Fsp3) is 0.158. The molecule has 0 spiro atoms. The van der Waals surface area contributed by atoms with Crippen LogP contribution in [0.25, 0.3) is 11.5 Å². The maximum atomic E-state index is 12.2. The van der Waals surface area contributed by atoms with Crippen LogP contribution in [0.3, 0.4) is 0 Å². The molecule has 0 aliphatic heterocycles. The Morgan fingerprint density at radius 3 is 2.35 bits per heavy atom. The molecular weight excluding hydrogens is 352 g/mol. The standard InChI is InChI=1S/C19H18N2O4S/c22-18(20-11-12-26(23,24)17-9-5-2-6-10-17)13-16-14-25-19(21-16)15-7-3-1-4-8-15/h1-10,14H,11-13H2,(H,20,22). The molecule has 3 aromatic rings. The average molecular weight is 370 g/mol. The van der Waals surface area contributed by atoms with Gasteiger partial charge in [0.15, 0.2) is 9.84 Å². The van der Waals surface area contributed by atoms with E-state index in [-0.39, 0.29) is 29.5 Å². The highest BCUT2D eigenvalue weighted by Gasteiger charge is 2.15. The second-order valence-corrected chi connectivity index (χ2v) is 7.78. The Kier molecular flexibility index (Phi) is 5.48. The number of oxazole rings is 1. The Balaban J connectivity index is 1.51. The first-order chi connectivity index (χ1) is 12.5. The van der Waals surface area contributed by atoms with Crippen molar-refractivity contribution >= 4 is 15.7 Å². The molecule has 0 saturated heterocycles. The van der Waals surface area contributed by atoms with Crippen LogP contribution in [0.1, 0.15) is 5.69 Å². The summed E-state index contributed by atoms with van der Waals surface area (Å²) in [6.45, 7) is 0.0411. The van der Waals surface area contributed by atoms with Gasteiger partial charge in [0, 0.05) is 12.1 Å². The van der Waals surface area contributed by atoms with Gasteiger partial charge in [-0.25, -0.2) is 13.4 Å². The van der Waals surface area contributed by atoms with Gasteiger partial charge in [0.05, 0.1) is 22.8 Å². The van der Waals surface area contributed by atoms with Crippen molar-refractivity contribution in [3.8, 4) is 11.5 Å². The Labute approximate surface area is 151 Å². The van der Waals surface area contributed by atoms with Crippen LogP contribution in [0.4, 0.5) is 0 Å². The minimum atomic E-state index is -3.41. The monoisotopic (exact) mass is 370 g/mol. The molecule has 0 unspecified atom stereocenters. The smallest absolute Gasteiger partial charge is 0.226 e. The van der Waals surface area contributed by atoms with Crippen molar-refractivity contribution in [3.63, 3.8) is 0 Å². The van der Waals surface area contributed by atoms with Gasteiger partial charge in [0.25, 0.3) is 0 Å². The first-order valence-electron chi connectivity index (χ1n) is 8.09. The van der Waals surface area contributed by atoms with Gasteiger partial charge in [-0.05, 0) is 24.3 Å². The Morgan fingerprint density at radius 2 is 1.65 bits per heavy atom. The van der Waals surface area contributed by atoms with Gasteiger partial charge in [-0.3, -0.25) is 4.79 Å². The van der Waals surface area contributed by atoms with E-state index in [2.05, 4.69) is 10.3 Å². The van der Waals surface area contributed by atoms with Gasteiger partial charge in [-0.2, -0.15) is 0 Å². The fourth-order valence-corrected chi connectivity index (χ4v) is 3.58. The molecule has 1 amide bonds. The highest BCUT2D eigenvalue weighted by atomic mass is 32.2. The van der Waals surface area contributed by atoms with Crippen molar-refractivity contribution < 1.29 is 17.6 Å². The zero-order chi connectivity index (χ0) is 18.4. The van der Waals surface area contributed by atoms with Gasteiger partial charge in [0.1, 0.15) is 6.26 Å². The molecule has 0 saturated carbocycles. The molecule has 0 bridgehead atoms. The summed E-state index contributed by atoms with van der Waals surface area (Å²) < 4.78 is 29.7. The number of carbonyl (C=O) groups is 1. The molecule has 0 radical (unpaired) electrons. The van der Waals surface area contributed by atoms with Gasteiger partial charge >= 0.3 is 0 Å². The molecule has 1 N–H and O–H groups in total. The first kappa shape index (κ1) is 17.9. The number of hydrogen-bond acceptors (Lipinski definition) is 5.